The van der Waals surface area contributed by atoms with Gasteiger partial charge in [0, 0.05) is 37.0 Å². The second kappa shape index (κ2) is 9.60. The van der Waals surface area contributed by atoms with E-state index in [-0.39, 0.29) is 11.0 Å². The molecule has 1 aliphatic heterocycles. The predicted octanol–water partition coefficient (Wildman–Crippen LogP) is 2.84. The van der Waals surface area contributed by atoms with Crippen molar-refractivity contribution in [3.05, 3.63) is 48.1 Å². The monoisotopic (exact) mass is 462 g/mol. The molecule has 9 nitrogen and oxygen atoms in total. The zero-order valence-electron chi connectivity index (χ0n) is 16.8. The zero-order chi connectivity index (χ0) is 21.7. The molecular weight excluding hydrogens is 440 g/mol. The van der Waals surface area contributed by atoms with Crippen LogP contribution in [0.4, 0.5) is 10.9 Å². The molecular formula is C20H22N4O5S2. The summed E-state index contributed by atoms with van der Waals surface area (Å²) in [5.74, 6) is 1.95. The molecule has 0 spiro atoms. The molecule has 1 fully saturated rings. The third-order valence-electron chi connectivity index (χ3n) is 4.40. The minimum absolute atomic E-state index is 0.0606. The molecule has 1 aromatic carbocycles. The quantitative estimate of drug-likeness (QED) is 0.522. The number of nitrogens with zero attached hydrogens (tertiary/aromatic N) is 2. The van der Waals surface area contributed by atoms with Gasteiger partial charge in [-0.05, 0) is 24.3 Å². The number of aromatic nitrogens is 2. The first kappa shape index (κ1) is 21.5. The van der Waals surface area contributed by atoms with Gasteiger partial charge in [-0.15, -0.1) is 11.3 Å². The molecule has 0 saturated carbocycles. The van der Waals surface area contributed by atoms with E-state index in [4.69, 9.17) is 14.2 Å². The van der Waals surface area contributed by atoms with Crippen LogP contribution in [0.3, 0.4) is 0 Å². The SMILES string of the molecule is CS(=O)(=O)c1ccc(Oc2cnc(Nc3nccs3)c(OCC3CNCCO3)c2)cc1. The van der Waals surface area contributed by atoms with Crippen LogP contribution in [0.15, 0.2) is 53.0 Å². The first-order valence-electron chi connectivity index (χ1n) is 9.57. The van der Waals surface area contributed by atoms with Gasteiger partial charge in [0.15, 0.2) is 26.5 Å². The summed E-state index contributed by atoms with van der Waals surface area (Å²) in [5, 5.41) is 8.97. The molecule has 11 heteroatoms. The Kier molecular flexibility index (Phi) is 6.66. The van der Waals surface area contributed by atoms with Crippen LogP contribution >= 0.6 is 11.3 Å². The molecule has 1 saturated heterocycles. The molecule has 31 heavy (non-hydrogen) atoms. The predicted molar refractivity (Wildman–Crippen MR) is 117 cm³/mol. The number of sulfone groups is 1. The maximum atomic E-state index is 11.6. The highest BCUT2D eigenvalue weighted by Crippen LogP contribution is 2.32. The topological polar surface area (TPSA) is 112 Å². The molecule has 0 bridgehead atoms. The molecule has 1 aliphatic rings. The van der Waals surface area contributed by atoms with Gasteiger partial charge in [0.1, 0.15) is 24.2 Å². The van der Waals surface area contributed by atoms with Gasteiger partial charge >= 0.3 is 0 Å². The molecule has 4 rings (SSSR count). The number of rotatable bonds is 8. The summed E-state index contributed by atoms with van der Waals surface area (Å²) in [7, 11) is -3.27. The van der Waals surface area contributed by atoms with E-state index >= 15 is 0 Å². The molecule has 1 unspecified atom stereocenters. The van der Waals surface area contributed by atoms with Gasteiger partial charge in [0.25, 0.3) is 0 Å². The Morgan fingerprint density at radius 2 is 2.10 bits per heavy atom. The van der Waals surface area contributed by atoms with E-state index in [1.807, 2.05) is 5.38 Å². The second-order valence-corrected chi connectivity index (χ2v) is 9.74. The largest absolute Gasteiger partial charge is 0.487 e. The van der Waals surface area contributed by atoms with Crippen LogP contribution in [-0.2, 0) is 14.6 Å². The molecule has 0 amide bonds. The van der Waals surface area contributed by atoms with E-state index in [0.29, 0.717) is 48.0 Å². The summed E-state index contributed by atoms with van der Waals surface area (Å²) < 4.78 is 40.8. The molecule has 164 valence electrons. The highest BCUT2D eigenvalue weighted by molar-refractivity contribution is 7.90. The number of morpholine rings is 1. The average Bonchev–Trinajstić information content (AvgIpc) is 3.27. The maximum absolute atomic E-state index is 11.6. The van der Waals surface area contributed by atoms with Crippen molar-refractivity contribution < 1.29 is 22.6 Å². The first-order chi connectivity index (χ1) is 15.0. The summed E-state index contributed by atoms with van der Waals surface area (Å²) >= 11 is 1.45. The Morgan fingerprint density at radius 3 is 2.77 bits per heavy atom. The highest BCUT2D eigenvalue weighted by atomic mass is 32.2. The maximum Gasteiger partial charge on any atom is 0.188 e. The second-order valence-electron chi connectivity index (χ2n) is 6.83. The van der Waals surface area contributed by atoms with E-state index in [0.717, 1.165) is 12.8 Å². The van der Waals surface area contributed by atoms with Crippen molar-refractivity contribution in [2.45, 2.75) is 11.0 Å². The van der Waals surface area contributed by atoms with Gasteiger partial charge in [-0.2, -0.15) is 0 Å². The molecule has 3 aromatic rings. The lowest BCUT2D eigenvalue weighted by molar-refractivity contribution is 0.000262. The Labute approximate surface area is 184 Å². The average molecular weight is 463 g/mol. The van der Waals surface area contributed by atoms with E-state index in [9.17, 15) is 8.42 Å². The van der Waals surface area contributed by atoms with Gasteiger partial charge < -0.3 is 24.8 Å². The number of nitrogens with one attached hydrogen (secondary N) is 2. The zero-order valence-corrected chi connectivity index (χ0v) is 18.4. The van der Waals surface area contributed by atoms with Crippen molar-refractivity contribution >= 4 is 32.1 Å². The van der Waals surface area contributed by atoms with Crippen LogP contribution in [0.2, 0.25) is 0 Å². The summed E-state index contributed by atoms with van der Waals surface area (Å²) in [4.78, 5) is 8.87. The number of thiazole rings is 1. The fraction of sp³-hybridized carbons (Fsp3) is 0.300. The van der Waals surface area contributed by atoms with Gasteiger partial charge in [0.2, 0.25) is 0 Å². The lowest BCUT2D eigenvalue weighted by Gasteiger charge is -2.24. The van der Waals surface area contributed by atoms with Crippen LogP contribution in [0, 0.1) is 0 Å². The summed E-state index contributed by atoms with van der Waals surface area (Å²) in [6.45, 7) is 2.54. The van der Waals surface area contributed by atoms with Crippen molar-refractivity contribution in [2.75, 3.05) is 37.9 Å². The number of hydrogen-bond donors (Lipinski definition) is 2. The number of anilines is 2. The Hall–Kier alpha value is -2.73. The van der Waals surface area contributed by atoms with E-state index in [1.165, 1.54) is 23.5 Å². The highest BCUT2D eigenvalue weighted by Gasteiger charge is 2.17. The van der Waals surface area contributed by atoms with E-state index in [2.05, 4.69) is 20.6 Å². The molecule has 2 aromatic heterocycles. The third-order valence-corrected chi connectivity index (χ3v) is 6.22. The smallest absolute Gasteiger partial charge is 0.188 e. The molecule has 0 radical (unpaired) electrons. The molecule has 2 N–H and O–H groups in total. The van der Waals surface area contributed by atoms with Gasteiger partial charge in [-0.3, -0.25) is 0 Å². The fourth-order valence-electron chi connectivity index (χ4n) is 2.87. The fourth-order valence-corrected chi connectivity index (χ4v) is 4.03. The standard InChI is InChI=1S/C20H22N4O5S2/c1-31(25,26)17-4-2-14(3-5-17)29-15-10-18(28-13-16-11-21-6-8-27-16)19(23-12-15)24-20-22-7-9-30-20/h2-5,7,9-10,12,16,21H,6,8,11,13H2,1H3,(H,22,23,24). The van der Waals surface area contributed by atoms with Crippen LogP contribution in [0.5, 0.6) is 17.2 Å². The van der Waals surface area contributed by atoms with E-state index < -0.39 is 9.84 Å². The minimum atomic E-state index is -3.27. The normalized spacial score (nSPS) is 16.6. The Morgan fingerprint density at radius 1 is 1.26 bits per heavy atom. The van der Waals surface area contributed by atoms with Gasteiger partial charge in [-0.25, -0.2) is 18.4 Å². The van der Waals surface area contributed by atoms with Crippen LogP contribution < -0.4 is 20.1 Å². The van der Waals surface area contributed by atoms with Crippen LogP contribution in [0.25, 0.3) is 0 Å². The number of hydrogen-bond acceptors (Lipinski definition) is 10. The van der Waals surface area contributed by atoms with Crippen LogP contribution in [-0.4, -0.2) is 57.0 Å². The lowest BCUT2D eigenvalue weighted by Crippen LogP contribution is -2.41. The lowest BCUT2D eigenvalue weighted by atomic mass is 10.3. The molecule has 0 aliphatic carbocycles. The minimum Gasteiger partial charge on any atom is -0.487 e. The van der Waals surface area contributed by atoms with Crippen molar-refractivity contribution in [3.8, 4) is 17.2 Å². The van der Waals surface area contributed by atoms with Crippen molar-refractivity contribution in [2.24, 2.45) is 0 Å². The van der Waals surface area contributed by atoms with Gasteiger partial charge in [-0.1, -0.05) is 0 Å². The van der Waals surface area contributed by atoms with Crippen molar-refractivity contribution in [1.29, 1.82) is 0 Å². The Bertz CT molecular complexity index is 1100. The van der Waals surface area contributed by atoms with E-state index in [1.54, 1.807) is 30.6 Å². The van der Waals surface area contributed by atoms with Gasteiger partial charge in [0.05, 0.1) is 17.7 Å². The number of ether oxygens (including phenoxy) is 3. The summed E-state index contributed by atoms with van der Waals surface area (Å²) in [6.07, 6.45) is 4.36. The third kappa shape index (κ3) is 5.91. The van der Waals surface area contributed by atoms with Crippen molar-refractivity contribution in [1.82, 2.24) is 15.3 Å². The number of pyridine rings is 1. The van der Waals surface area contributed by atoms with Crippen molar-refractivity contribution in [3.63, 3.8) is 0 Å². The molecule has 3 heterocycles. The van der Waals surface area contributed by atoms with Crippen LogP contribution in [0.1, 0.15) is 0 Å². The summed E-state index contributed by atoms with van der Waals surface area (Å²) in [5.41, 5.74) is 0. The molecule has 1 atom stereocenters. The number of benzene rings is 1. The Balaban J connectivity index is 1.52. The summed E-state index contributed by atoms with van der Waals surface area (Å²) in [6, 6.07) is 7.92. The first-order valence-corrected chi connectivity index (χ1v) is 12.3.